The zero-order valence-electron chi connectivity index (χ0n) is 5.88. The first kappa shape index (κ1) is 9.06. The monoisotopic (exact) mass is 147 g/mol. The van der Waals surface area contributed by atoms with Crippen LogP contribution in [0.2, 0.25) is 0 Å². The summed E-state index contributed by atoms with van der Waals surface area (Å²) in [7, 11) is 0.823. The van der Waals surface area contributed by atoms with Gasteiger partial charge in [-0.05, 0) is 6.42 Å². The van der Waals surface area contributed by atoms with Crippen LogP contribution in [0.15, 0.2) is 4.91 Å². The molecule has 0 heterocycles. The van der Waals surface area contributed by atoms with Gasteiger partial charge in [0, 0.05) is 14.5 Å². The quantitative estimate of drug-likeness (QED) is 0.361. The summed E-state index contributed by atoms with van der Waals surface area (Å²) >= 11 is 0. The van der Waals surface area contributed by atoms with E-state index in [4.69, 9.17) is 5.21 Å². The lowest BCUT2D eigenvalue weighted by atomic mass is 10.2. The fraction of sp³-hybridized carbons (Fsp3) is 1.00. The van der Waals surface area contributed by atoms with Gasteiger partial charge in [-0.15, -0.1) is 4.91 Å². The van der Waals surface area contributed by atoms with E-state index in [-0.39, 0.29) is 0 Å². The van der Waals surface area contributed by atoms with Crippen LogP contribution in [-0.2, 0) is 0 Å². The van der Waals surface area contributed by atoms with E-state index in [0.29, 0.717) is 0 Å². The maximum Gasteiger partial charge on any atom is 0.0400 e. The van der Waals surface area contributed by atoms with Crippen molar-refractivity contribution >= 4 is 8.37 Å². The number of rotatable bonds is 5. The molecule has 3 heteroatoms. The highest BCUT2D eigenvalue weighted by atomic mass is 31.1. The third-order valence-corrected chi connectivity index (χ3v) is 1.82. The fourth-order valence-corrected chi connectivity index (χ4v) is 1.11. The molecule has 0 fully saturated rings. The smallest absolute Gasteiger partial charge is 0.0400 e. The second-order valence-corrected chi connectivity index (χ2v) is 2.92. The molecule has 9 heavy (non-hydrogen) atoms. The first-order valence-corrected chi connectivity index (χ1v) is 4.46. The number of hydrogen-bond acceptors (Lipinski definition) is 1. The average Bonchev–Trinajstić information content (AvgIpc) is 1.89. The fourth-order valence-electron chi connectivity index (χ4n) is 0.654. The molecule has 0 aliphatic rings. The minimum absolute atomic E-state index is 0.823. The maximum absolute atomic E-state index is 8.04. The van der Waals surface area contributed by atoms with E-state index in [1.165, 1.54) is 25.7 Å². The molecule has 0 radical (unpaired) electrons. The lowest BCUT2D eigenvalue weighted by Gasteiger charge is -1.91. The van der Waals surface area contributed by atoms with Gasteiger partial charge in [0.1, 0.15) is 0 Å². The maximum atomic E-state index is 8.04. The van der Waals surface area contributed by atoms with Crippen LogP contribution in [-0.4, -0.2) is 11.4 Å². The molecule has 0 amide bonds. The van der Waals surface area contributed by atoms with Gasteiger partial charge in [-0.2, -0.15) is 0 Å². The van der Waals surface area contributed by atoms with E-state index < -0.39 is 0 Å². The van der Waals surface area contributed by atoms with E-state index in [0.717, 1.165) is 14.5 Å². The van der Waals surface area contributed by atoms with Crippen LogP contribution in [0.25, 0.3) is 0 Å². The summed E-state index contributed by atoms with van der Waals surface area (Å²) in [6.07, 6.45) is 6.06. The van der Waals surface area contributed by atoms with Gasteiger partial charge >= 0.3 is 0 Å². The summed E-state index contributed by atoms with van der Waals surface area (Å²) in [4.78, 5) is 3.01. The Kier molecular flexibility index (Phi) is 8.11. The molecule has 0 bridgehead atoms. The minimum atomic E-state index is 0.823. The molecule has 0 rings (SSSR count). The van der Waals surface area contributed by atoms with Gasteiger partial charge in [-0.1, -0.05) is 26.2 Å². The molecule has 0 saturated heterocycles. The summed E-state index contributed by atoms with van der Waals surface area (Å²) in [6.45, 7) is 2.19. The van der Waals surface area contributed by atoms with Crippen LogP contribution in [0.5, 0.6) is 0 Å². The van der Waals surface area contributed by atoms with Crippen LogP contribution in [0, 0.1) is 0 Å². The van der Waals surface area contributed by atoms with Crippen LogP contribution in [0.4, 0.5) is 0 Å². The lowest BCUT2D eigenvalue weighted by Crippen LogP contribution is -1.75. The van der Waals surface area contributed by atoms with Gasteiger partial charge in [-0.25, -0.2) is 0 Å². The van der Waals surface area contributed by atoms with Gasteiger partial charge in [0.05, 0.1) is 0 Å². The van der Waals surface area contributed by atoms with E-state index in [9.17, 15) is 0 Å². The average molecular weight is 147 g/mol. The Morgan fingerprint density at radius 1 is 1.33 bits per heavy atom. The van der Waals surface area contributed by atoms with Gasteiger partial charge in [-0.3, -0.25) is 5.21 Å². The number of unbranched alkanes of at least 4 members (excludes halogenated alkanes) is 3. The highest BCUT2D eigenvalue weighted by molar-refractivity contribution is 7.26. The first-order chi connectivity index (χ1) is 4.41. The normalized spacial score (nSPS) is 10.9. The molecule has 0 unspecified atom stereocenters. The molecule has 0 aromatic carbocycles. The molecule has 0 aromatic rings. The predicted molar refractivity (Wildman–Crippen MR) is 40.1 cm³/mol. The van der Waals surface area contributed by atoms with Crippen molar-refractivity contribution in [3.63, 3.8) is 0 Å². The van der Waals surface area contributed by atoms with Crippen molar-refractivity contribution in [2.24, 2.45) is 4.91 Å². The van der Waals surface area contributed by atoms with Crippen LogP contribution >= 0.6 is 8.37 Å². The molecule has 0 aliphatic heterocycles. The molecular formula is C6H14NOP. The van der Waals surface area contributed by atoms with Gasteiger partial charge in [0.2, 0.25) is 0 Å². The molecule has 1 N–H and O–H groups in total. The minimum Gasteiger partial charge on any atom is -0.264 e. The Balaban J connectivity index is 2.75. The SMILES string of the molecule is CCCCCCP=NO. The molecular weight excluding hydrogens is 133 g/mol. The van der Waals surface area contributed by atoms with Crippen molar-refractivity contribution in [1.29, 1.82) is 0 Å². The van der Waals surface area contributed by atoms with Crippen molar-refractivity contribution in [3.05, 3.63) is 0 Å². The van der Waals surface area contributed by atoms with Gasteiger partial charge in [0.25, 0.3) is 0 Å². The standard InChI is InChI=1S/C6H14NOP/c1-2-3-4-5-6-9-7-8/h8H,2-6H2,1H3. The number of nitrogens with zero attached hydrogens (tertiary/aromatic N) is 1. The van der Waals surface area contributed by atoms with Crippen molar-refractivity contribution in [1.82, 2.24) is 0 Å². The second-order valence-electron chi connectivity index (χ2n) is 2.02. The van der Waals surface area contributed by atoms with Crippen molar-refractivity contribution in [2.45, 2.75) is 32.6 Å². The second kappa shape index (κ2) is 8.06. The molecule has 0 aliphatic carbocycles. The highest BCUT2D eigenvalue weighted by Gasteiger charge is 1.83. The van der Waals surface area contributed by atoms with E-state index in [2.05, 4.69) is 11.8 Å². The molecule has 0 spiro atoms. The molecule has 2 nitrogen and oxygen atoms in total. The molecule has 0 atom stereocenters. The molecule has 0 saturated carbocycles. The largest absolute Gasteiger partial charge is 0.264 e. The Hall–Kier alpha value is 0.0600. The lowest BCUT2D eigenvalue weighted by molar-refractivity contribution is 0.328. The first-order valence-electron chi connectivity index (χ1n) is 3.42. The van der Waals surface area contributed by atoms with E-state index in [1.807, 2.05) is 0 Å². The van der Waals surface area contributed by atoms with Crippen LogP contribution in [0.1, 0.15) is 32.6 Å². The Labute approximate surface area is 58.1 Å². The third-order valence-electron chi connectivity index (χ3n) is 1.17. The van der Waals surface area contributed by atoms with E-state index >= 15 is 0 Å². The van der Waals surface area contributed by atoms with Gasteiger partial charge < -0.3 is 0 Å². The summed E-state index contributed by atoms with van der Waals surface area (Å²) in [5.41, 5.74) is 0. The third kappa shape index (κ3) is 8.06. The van der Waals surface area contributed by atoms with Crippen LogP contribution < -0.4 is 0 Å². The predicted octanol–water partition coefficient (Wildman–Crippen LogP) is 3.09. The summed E-state index contributed by atoms with van der Waals surface area (Å²) < 4.78 is 0. The molecule has 54 valence electrons. The summed E-state index contributed by atoms with van der Waals surface area (Å²) in [5.74, 6) is 0. The zero-order valence-corrected chi connectivity index (χ0v) is 6.77. The number of hydrogen-bond donors (Lipinski definition) is 1. The van der Waals surface area contributed by atoms with Crippen LogP contribution in [0.3, 0.4) is 0 Å². The van der Waals surface area contributed by atoms with Crippen molar-refractivity contribution < 1.29 is 5.21 Å². The Morgan fingerprint density at radius 2 is 2.11 bits per heavy atom. The summed E-state index contributed by atoms with van der Waals surface area (Å²) in [5, 5.41) is 8.04. The molecule has 0 aromatic heterocycles. The van der Waals surface area contributed by atoms with E-state index in [1.54, 1.807) is 0 Å². The zero-order chi connectivity index (χ0) is 6.95. The highest BCUT2D eigenvalue weighted by Crippen LogP contribution is 2.05. The van der Waals surface area contributed by atoms with Gasteiger partial charge in [0.15, 0.2) is 0 Å². The summed E-state index contributed by atoms with van der Waals surface area (Å²) in [6, 6.07) is 0. The van der Waals surface area contributed by atoms with Crippen molar-refractivity contribution in [3.8, 4) is 0 Å². The Bertz CT molecular complexity index is 75.5. The topological polar surface area (TPSA) is 32.6 Å². The van der Waals surface area contributed by atoms with Crippen molar-refractivity contribution in [2.75, 3.05) is 6.16 Å². The Morgan fingerprint density at radius 3 is 2.67 bits per heavy atom.